The van der Waals surface area contributed by atoms with E-state index in [9.17, 15) is 31.1 Å². The first-order valence-corrected chi connectivity index (χ1v) is 10.9. The molecule has 3 atom stereocenters. The SMILES string of the molecule is C[C@H](O[C@@H]1OCCN(Cc2n[nH]c(=O)[nH]2)[C@@H]1c1ccccc1)c1cc(C(F)(F)F)cc(C(F)(F)F)c1. The second-order valence-electron chi connectivity index (χ2n) is 8.31. The fourth-order valence-corrected chi connectivity index (χ4v) is 4.06. The summed E-state index contributed by atoms with van der Waals surface area (Å²) >= 11 is 0. The Labute approximate surface area is 201 Å². The Morgan fingerprint density at radius 1 is 1.08 bits per heavy atom. The summed E-state index contributed by atoms with van der Waals surface area (Å²) in [6.07, 6.45) is -12.2. The zero-order valence-corrected chi connectivity index (χ0v) is 18.9. The van der Waals surface area contributed by atoms with Crippen LogP contribution in [0.1, 0.15) is 47.1 Å². The van der Waals surface area contributed by atoms with Crippen molar-refractivity contribution in [1.82, 2.24) is 20.1 Å². The number of rotatable bonds is 6. The van der Waals surface area contributed by atoms with Crippen LogP contribution in [0.15, 0.2) is 53.3 Å². The van der Waals surface area contributed by atoms with E-state index in [1.165, 1.54) is 6.92 Å². The maximum atomic E-state index is 13.3. The molecule has 0 bridgehead atoms. The lowest BCUT2D eigenvalue weighted by molar-refractivity contribution is -0.231. The number of H-pyrrole nitrogens is 2. The van der Waals surface area contributed by atoms with Crippen molar-refractivity contribution in [2.24, 2.45) is 0 Å². The van der Waals surface area contributed by atoms with Crippen molar-refractivity contribution >= 4 is 0 Å². The van der Waals surface area contributed by atoms with E-state index in [4.69, 9.17) is 9.47 Å². The molecule has 4 rings (SSSR count). The summed E-state index contributed by atoms with van der Waals surface area (Å²) in [6.45, 7) is 2.14. The van der Waals surface area contributed by atoms with Gasteiger partial charge in [-0.25, -0.2) is 9.89 Å². The third-order valence-electron chi connectivity index (χ3n) is 5.77. The summed E-state index contributed by atoms with van der Waals surface area (Å²) in [7, 11) is 0. The molecule has 1 saturated heterocycles. The van der Waals surface area contributed by atoms with Crippen LogP contribution in [0, 0.1) is 0 Å². The van der Waals surface area contributed by atoms with Crippen LogP contribution in [0.5, 0.6) is 0 Å². The van der Waals surface area contributed by atoms with E-state index in [0.717, 1.165) is 5.56 Å². The molecule has 2 heterocycles. The van der Waals surface area contributed by atoms with Crippen LogP contribution in [0.3, 0.4) is 0 Å². The predicted octanol–water partition coefficient (Wildman–Crippen LogP) is 4.81. The minimum Gasteiger partial charge on any atom is -0.349 e. The number of nitrogens with zero attached hydrogens (tertiary/aromatic N) is 2. The normalized spacial score (nSPS) is 20.4. The van der Waals surface area contributed by atoms with Gasteiger partial charge in [-0.15, -0.1) is 0 Å². The number of morpholine rings is 1. The fraction of sp³-hybridized carbons (Fsp3) is 0.391. The van der Waals surface area contributed by atoms with E-state index in [2.05, 4.69) is 15.2 Å². The lowest BCUT2D eigenvalue weighted by Crippen LogP contribution is -2.46. The first kappa shape index (κ1) is 25.9. The number of benzene rings is 2. The summed E-state index contributed by atoms with van der Waals surface area (Å²) in [6, 6.07) is 9.73. The lowest BCUT2D eigenvalue weighted by atomic mass is 10.0. The molecular formula is C23H22F6N4O3. The molecule has 7 nitrogen and oxygen atoms in total. The Morgan fingerprint density at radius 3 is 2.28 bits per heavy atom. The smallest absolute Gasteiger partial charge is 0.349 e. The molecule has 0 unspecified atom stereocenters. The molecule has 2 N–H and O–H groups in total. The van der Waals surface area contributed by atoms with Gasteiger partial charge in [0.1, 0.15) is 5.82 Å². The largest absolute Gasteiger partial charge is 0.416 e. The van der Waals surface area contributed by atoms with Gasteiger partial charge in [0.25, 0.3) is 0 Å². The summed E-state index contributed by atoms with van der Waals surface area (Å²) in [4.78, 5) is 15.9. The van der Waals surface area contributed by atoms with E-state index in [1.54, 1.807) is 30.3 Å². The molecule has 36 heavy (non-hydrogen) atoms. The molecular weight excluding hydrogens is 494 g/mol. The van der Waals surface area contributed by atoms with Gasteiger partial charge in [0, 0.05) is 6.54 Å². The second-order valence-corrected chi connectivity index (χ2v) is 8.31. The lowest BCUT2D eigenvalue weighted by Gasteiger charge is -2.41. The van der Waals surface area contributed by atoms with Crippen molar-refractivity contribution in [1.29, 1.82) is 0 Å². The summed E-state index contributed by atoms with van der Waals surface area (Å²) in [5.41, 5.74) is -2.87. The van der Waals surface area contributed by atoms with Gasteiger partial charge in [0.05, 0.1) is 36.4 Å². The van der Waals surface area contributed by atoms with E-state index < -0.39 is 47.6 Å². The Kier molecular flexibility index (Phi) is 7.25. The first-order chi connectivity index (χ1) is 16.9. The maximum Gasteiger partial charge on any atom is 0.416 e. The van der Waals surface area contributed by atoms with Crippen molar-refractivity contribution in [3.05, 3.63) is 87.1 Å². The van der Waals surface area contributed by atoms with Crippen LogP contribution in [0.2, 0.25) is 0 Å². The van der Waals surface area contributed by atoms with Crippen LogP contribution in [0.4, 0.5) is 26.3 Å². The molecule has 2 aromatic carbocycles. The standard InChI is InChI=1S/C23H22F6N4O3/c1-13(15-9-16(22(24,25)26)11-17(10-15)23(27,28)29)36-20-19(14-5-3-2-4-6-14)33(7-8-35-20)12-18-30-21(34)32-31-18/h2-6,9-11,13,19-20H,7-8,12H2,1H3,(H2,30,31,32,34)/t13-,19+,20-/m0/s1. The molecule has 0 spiro atoms. The average Bonchev–Trinajstić information content (AvgIpc) is 3.23. The molecule has 1 aliphatic heterocycles. The van der Waals surface area contributed by atoms with Crippen molar-refractivity contribution in [2.75, 3.05) is 13.2 Å². The van der Waals surface area contributed by atoms with Crippen LogP contribution < -0.4 is 5.69 Å². The zero-order chi connectivity index (χ0) is 26.1. The highest BCUT2D eigenvalue weighted by atomic mass is 19.4. The quantitative estimate of drug-likeness (QED) is 0.460. The molecule has 0 saturated carbocycles. The van der Waals surface area contributed by atoms with Gasteiger partial charge in [-0.1, -0.05) is 30.3 Å². The summed E-state index contributed by atoms with van der Waals surface area (Å²) in [5, 5.41) is 6.19. The number of ether oxygens (including phenoxy) is 2. The number of nitrogens with one attached hydrogen (secondary N) is 2. The van der Waals surface area contributed by atoms with Gasteiger partial charge in [0.2, 0.25) is 0 Å². The molecule has 3 aromatic rings. The Balaban J connectivity index is 1.65. The number of halogens is 6. The molecule has 1 fully saturated rings. The van der Waals surface area contributed by atoms with Crippen molar-refractivity contribution in [3.8, 4) is 0 Å². The average molecular weight is 516 g/mol. The summed E-state index contributed by atoms with van der Waals surface area (Å²) < 4.78 is 91.7. The van der Waals surface area contributed by atoms with Crippen LogP contribution in [0.25, 0.3) is 0 Å². The second kappa shape index (κ2) is 10.1. The van der Waals surface area contributed by atoms with Crippen LogP contribution >= 0.6 is 0 Å². The van der Waals surface area contributed by atoms with Gasteiger partial charge < -0.3 is 9.47 Å². The fourth-order valence-electron chi connectivity index (χ4n) is 4.06. The van der Waals surface area contributed by atoms with Crippen LogP contribution in [-0.2, 0) is 28.4 Å². The van der Waals surface area contributed by atoms with Crippen molar-refractivity contribution in [3.63, 3.8) is 0 Å². The third kappa shape index (κ3) is 5.97. The van der Waals surface area contributed by atoms with E-state index in [-0.39, 0.29) is 24.8 Å². The zero-order valence-electron chi connectivity index (χ0n) is 18.9. The minimum absolute atomic E-state index is 0.0759. The number of aromatic nitrogens is 3. The Hall–Kier alpha value is -3.16. The molecule has 0 amide bonds. The highest BCUT2D eigenvalue weighted by molar-refractivity contribution is 5.34. The Morgan fingerprint density at radius 2 is 1.72 bits per heavy atom. The predicted molar refractivity (Wildman–Crippen MR) is 114 cm³/mol. The summed E-state index contributed by atoms with van der Waals surface area (Å²) in [5.74, 6) is 0.349. The highest BCUT2D eigenvalue weighted by Crippen LogP contribution is 2.39. The van der Waals surface area contributed by atoms with Gasteiger partial charge in [-0.2, -0.15) is 31.4 Å². The van der Waals surface area contributed by atoms with E-state index in [0.29, 0.717) is 24.5 Å². The van der Waals surface area contributed by atoms with E-state index >= 15 is 0 Å². The third-order valence-corrected chi connectivity index (χ3v) is 5.77. The van der Waals surface area contributed by atoms with Gasteiger partial charge in [-0.05, 0) is 36.2 Å². The maximum absolute atomic E-state index is 13.3. The number of alkyl halides is 6. The molecule has 1 aromatic heterocycles. The molecule has 1 aliphatic rings. The monoisotopic (exact) mass is 516 g/mol. The minimum atomic E-state index is -4.97. The number of hydrogen-bond donors (Lipinski definition) is 2. The number of aromatic amines is 2. The Bertz CT molecular complexity index is 1190. The molecule has 13 heteroatoms. The molecule has 194 valence electrons. The molecule has 0 radical (unpaired) electrons. The van der Waals surface area contributed by atoms with Gasteiger partial charge in [0.15, 0.2) is 6.29 Å². The van der Waals surface area contributed by atoms with Gasteiger partial charge >= 0.3 is 18.0 Å². The first-order valence-electron chi connectivity index (χ1n) is 10.9. The van der Waals surface area contributed by atoms with Crippen molar-refractivity contribution in [2.45, 2.75) is 44.3 Å². The van der Waals surface area contributed by atoms with Crippen molar-refractivity contribution < 1.29 is 35.8 Å². The van der Waals surface area contributed by atoms with Crippen LogP contribution in [-0.4, -0.2) is 39.5 Å². The van der Waals surface area contributed by atoms with Gasteiger partial charge in [-0.3, -0.25) is 9.88 Å². The number of hydrogen-bond acceptors (Lipinski definition) is 5. The van der Waals surface area contributed by atoms with E-state index in [1.807, 2.05) is 4.90 Å². The topological polar surface area (TPSA) is 83.2 Å². The highest BCUT2D eigenvalue weighted by Gasteiger charge is 2.39. The molecule has 0 aliphatic carbocycles.